The van der Waals surface area contributed by atoms with E-state index < -0.39 is 10.0 Å². The topological polar surface area (TPSA) is 65.9 Å². The van der Waals surface area contributed by atoms with Gasteiger partial charge in [-0.15, -0.1) is 0 Å². The Bertz CT molecular complexity index is 965. The van der Waals surface area contributed by atoms with Crippen LogP contribution in [-0.4, -0.2) is 72.3 Å². The van der Waals surface area contributed by atoms with E-state index >= 15 is 0 Å². The van der Waals surface area contributed by atoms with Gasteiger partial charge >= 0.3 is 0 Å². The maximum atomic E-state index is 12.9. The molecule has 0 aliphatic carbocycles. The number of hydrogen-bond donors (Lipinski definition) is 0. The Morgan fingerprint density at radius 3 is 2.40 bits per heavy atom. The number of aryl methyl sites for hydroxylation is 1. The predicted octanol–water partition coefficient (Wildman–Crippen LogP) is 1.84. The van der Waals surface area contributed by atoms with Crippen molar-refractivity contribution >= 4 is 15.9 Å². The Labute approximate surface area is 178 Å². The van der Waals surface area contributed by atoms with Gasteiger partial charge in [-0.3, -0.25) is 9.69 Å². The van der Waals surface area contributed by atoms with Gasteiger partial charge < -0.3 is 9.47 Å². The molecule has 2 aliphatic rings. The monoisotopic (exact) mass is 430 g/mol. The number of benzene rings is 1. The van der Waals surface area contributed by atoms with Crippen LogP contribution in [0, 0.1) is 0 Å². The highest BCUT2D eigenvalue weighted by Crippen LogP contribution is 2.31. The van der Waals surface area contributed by atoms with Crippen molar-refractivity contribution in [2.24, 2.45) is 7.05 Å². The summed E-state index contributed by atoms with van der Waals surface area (Å²) in [6.07, 6.45) is 4.20. The van der Waals surface area contributed by atoms with Crippen LogP contribution >= 0.6 is 0 Å². The van der Waals surface area contributed by atoms with Gasteiger partial charge in [0.05, 0.1) is 18.3 Å². The molecule has 2 saturated heterocycles. The standard InChI is InChI=1S/C22H30N4O3S/c1-23-11-5-9-20(23)21-10-6-12-25(21)17-22(27)24-13-15-26(16-14-24)30(28,29)18-19-7-3-2-4-8-19/h2-5,7-9,11,21H,6,10,12-18H2,1H3. The van der Waals surface area contributed by atoms with E-state index in [0.29, 0.717) is 32.7 Å². The molecular formula is C22H30N4O3S. The van der Waals surface area contributed by atoms with Crippen molar-refractivity contribution in [3.8, 4) is 0 Å². The average Bonchev–Trinajstić information content (AvgIpc) is 3.36. The normalized spacial score (nSPS) is 21.2. The summed E-state index contributed by atoms with van der Waals surface area (Å²) in [6.45, 7) is 2.95. The highest BCUT2D eigenvalue weighted by atomic mass is 32.2. The number of amides is 1. The zero-order valence-corrected chi connectivity index (χ0v) is 18.3. The van der Waals surface area contributed by atoms with Crippen molar-refractivity contribution in [1.82, 2.24) is 18.7 Å². The molecule has 1 amide bonds. The Kier molecular flexibility index (Phi) is 6.26. The largest absolute Gasteiger partial charge is 0.353 e. The quantitative estimate of drug-likeness (QED) is 0.701. The average molecular weight is 431 g/mol. The molecule has 0 bridgehead atoms. The first-order valence-corrected chi connectivity index (χ1v) is 12.2. The molecule has 0 saturated carbocycles. The van der Waals surface area contributed by atoms with Gasteiger partial charge in [-0.2, -0.15) is 4.31 Å². The van der Waals surface area contributed by atoms with Crippen LogP contribution in [-0.2, 0) is 27.6 Å². The fraction of sp³-hybridized carbons (Fsp3) is 0.500. The molecule has 3 heterocycles. The van der Waals surface area contributed by atoms with Crippen LogP contribution in [0.2, 0.25) is 0 Å². The van der Waals surface area contributed by atoms with E-state index in [-0.39, 0.29) is 17.7 Å². The molecule has 0 radical (unpaired) electrons. The molecule has 8 heteroatoms. The van der Waals surface area contributed by atoms with Crippen LogP contribution in [0.1, 0.15) is 30.1 Å². The van der Waals surface area contributed by atoms with Gasteiger partial charge in [0.1, 0.15) is 0 Å². The Balaban J connectivity index is 1.32. The third-order valence-electron chi connectivity index (χ3n) is 6.20. The number of carbonyl (C=O) groups excluding carboxylic acids is 1. The van der Waals surface area contributed by atoms with Gasteiger partial charge in [0.15, 0.2) is 0 Å². The van der Waals surface area contributed by atoms with E-state index in [9.17, 15) is 13.2 Å². The number of nitrogens with zero attached hydrogens (tertiary/aromatic N) is 4. The van der Waals surface area contributed by atoms with Gasteiger partial charge in [-0.1, -0.05) is 30.3 Å². The predicted molar refractivity (Wildman–Crippen MR) is 116 cm³/mol. The number of likely N-dealkylation sites (tertiary alicyclic amines) is 1. The van der Waals surface area contributed by atoms with Gasteiger partial charge in [-0.05, 0) is 37.1 Å². The molecule has 162 valence electrons. The summed E-state index contributed by atoms with van der Waals surface area (Å²) in [7, 11) is -1.32. The van der Waals surface area contributed by atoms with Crippen LogP contribution in [0.5, 0.6) is 0 Å². The van der Waals surface area contributed by atoms with Gasteiger partial charge in [0.2, 0.25) is 15.9 Å². The lowest BCUT2D eigenvalue weighted by atomic mass is 10.1. The fourth-order valence-electron chi connectivity index (χ4n) is 4.54. The van der Waals surface area contributed by atoms with E-state index in [1.54, 1.807) is 0 Å². The Hall–Kier alpha value is -2.16. The molecule has 1 aromatic heterocycles. The lowest BCUT2D eigenvalue weighted by molar-refractivity contribution is -0.133. The number of hydrogen-bond acceptors (Lipinski definition) is 4. The van der Waals surface area contributed by atoms with Crippen LogP contribution in [0.4, 0.5) is 0 Å². The summed E-state index contributed by atoms with van der Waals surface area (Å²) in [6, 6.07) is 13.7. The highest BCUT2D eigenvalue weighted by Gasteiger charge is 2.33. The molecule has 0 spiro atoms. The highest BCUT2D eigenvalue weighted by molar-refractivity contribution is 7.88. The molecule has 2 fully saturated rings. The number of aromatic nitrogens is 1. The second-order valence-electron chi connectivity index (χ2n) is 8.19. The van der Waals surface area contributed by atoms with Crippen molar-refractivity contribution < 1.29 is 13.2 Å². The summed E-state index contributed by atoms with van der Waals surface area (Å²) < 4.78 is 29.1. The van der Waals surface area contributed by atoms with Crippen molar-refractivity contribution in [3.05, 3.63) is 59.9 Å². The van der Waals surface area contributed by atoms with E-state index in [2.05, 4.69) is 15.5 Å². The smallest absolute Gasteiger partial charge is 0.236 e. The molecule has 4 rings (SSSR count). The number of piperazine rings is 1. The van der Waals surface area contributed by atoms with Crippen LogP contribution in [0.3, 0.4) is 0 Å². The molecule has 30 heavy (non-hydrogen) atoms. The first-order chi connectivity index (χ1) is 14.4. The zero-order chi connectivity index (χ0) is 21.1. The van der Waals surface area contributed by atoms with Crippen molar-refractivity contribution in [2.75, 3.05) is 39.3 Å². The molecule has 0 N–H and O–H groups in total. The fourth-order valence-corrected chi connectivity index (χ4v) is 6.05. The first-order valence-electron chi connectivity index (χ1n) is 10.6. The summed E-state index contributed by atoms with van der Waals surface area (Å²) in [5.74, 6) is 0.102. The Morgan fingerprint density at radius 1 is 1.00 bits per heavy atom. The second kappa shape index (κ2) is 8.91. The van der Waals surface area contributed by atoms with Gasteiger partial charge in [-0.25, -0.2) is 8.42 Å². The maximum absolute atomic E-state index is 12.9. The van der Waals surface area contributed by atoms with Crippen molar-refractivity contribution in [2.45, 2.75) is 24.6 Å². The number of carbonyl (C=O) groups is 1. The zero-order valence-electron chi connectivity index (χ0n) is 17.5. The lowest BCUT2D eigenvalue weighted by Gasteiger charge is -2.35. The van der Waals surface area contributed by atoms with E-state index in [4.69, 9.17) is 0 Å². The SMILES string of the molecule is Cn1cccc1C1CCCN1CC(=O)N1CCN(S(=O)(=O)Cc2ccccc2)CC1. The second-order valence-corrected chi connectivity index (χ2v) is 10.2. The molecule has 1 aromatic carbocycles. The first kappa shape index (κ1) is 21.1. The molecule has 2 aromatic rings. The van der Waals surface area contributed by atoms with E-state index in [0.717, 1.165) is 24.9 Å². The molecular weight excluding hydrogens is 400 g/mol. The van der Waals surface area contributed by atoms with Crippen LogP contribution < -0.4 is 0 Å². The minimum absolute atomic E-state index is 0.00785. The van der Waals surface area contributed by atoms with Crippen molar-refractivity contribution in [3.63, 3.8) is 0 Å². The lowest BCUT2D eigenvalue weighted by Crippen LogP contribution is -2.52. The van der Waals surface area contributed by atoms with Gasteiger partial charge in [0.25, 0.3) is 0 Å². The van der Waals surface area contributed by atoms with Crippen LogP contribution in [0.15, 0.2) is 48.7 Å². The summed E-state index contributed by atoms with van der Waals surface area (Å²) in [5, 5.41) is 0. The Morgan fingerprint density at radius 2 is 1.73 bits per heavy atom. The third-order valence-corrected chi connectivity index (χ3v) is 8.05. The van der Waals surface area contributed by atoms with E-state index in [1.807, 2.05) is 54.5 Å². The minimum atomic E-state index is -3.37. The molecule has 2 aliphatic heterocycles. The molecule has 1 unspecified atom stereocenters. The van der Waals surface area contributed by atoms with Gasteiger partial charge in [0, 0.05) is 45.1 Å². The maximum Gasteiger partial charge on any atom is 0.236 e. The molecule has 7 nitrogen and oxygen atoms in total. The summed E-state index contributed by atoms with van der Waals surface area (Å²) >= 11 is 0. The number of rotatable bonds is 6. The summed E-state index contributed by atoms with van der Waals surface area (Å²) in [4.78, 5) is 17.0. The number of sulfonamides is 1. The van der Waals surface area contributed by atoms with Crippen molar-refractivity contribution in [1.29, 1.82) is 0 Å². The van der Waals surface area contributed by atoms with Crippen LogP contribution in [0.25, 0.3) is 0 Å². The van der Waals surface area contributed by atoms with E-state index in [1.165, 1.54) is 10.00 Å². The minimum Gasteiger partial charge on any atom is -0.353 e. The summed E-state index contributed by atoms with van der Waals surface area (Å²) in [5.41, 5.74) is 2.04. The third kappa shape index (κ3) is 4.61. The molecule has 1 atom stereocenters.